The summed E-state index contributed by atoms with van der Waals surface area (Å²) in [7, 11) is 0. The molecule has 0 aliphatic carbocycles. The van der Waals surface area contributed by atoms with Crippen LogP contribution >= 0.6 is 0 Å². The van der Waals surface area contributed by atoms with Crippen LogP contribution < -0.4 is 10.6 Å². The van der Waals surface area contributed by atoms with Gasteiger partial charge in [-0.05, 0) is 60.4 Å². The molecule has 2 N–H and O–H groups in total. The second-order valence-corrected chi connectivity index (χ2v) is 9.19. The lowest BCUT2D eigenvalue weighted by atomic mass is 9.87. The minimum atomic E-state index is -0.663. The van der Waals surface area contributed by atoms with Gasteiger partial charge in [-0.25, -0.2) is 0 Å². The first-order chi connectivity index (χ1) is 16.0. The number of hydrogen-bond donors (Lipinski definition) is 2. The van der Waals surface area contributed by atoms with Crippen LogP contribution in [0.5, 0.6) is 0 Å². The highest BCUT2D eigenvalue weighted by atomic mass is 16.2. The molecule has 2 aromatic carbocycles. The molecule has 0 radical (unpaired) electrons. The Labute approximate surface area is 198 Å². The molecule has 0 spiro atoms. The molecule has 3 rings (SSSR count). The largest absolute Gasteiger partial charge is 0.341 e. The van der Waals surface area contributed by atoms with Crippen molar-refractivity contribution in [2.24, 2.45) is 0 Å². The molecule has 0 saturated carbocycles. The highest BCUT2D eigenvalue weighted by Gasteiger charge is 2.29. The molecule has 0 aromatic heterocycles. The maximum Gasteiger partial charge on any atom is 0.237 e. The van der Waals surface area contributed by atoms with Crippen molar-refractivity contribution in [3.05, 3.63) is 59.7 Å². The molecule has 174 valence electrons. The molecular formula is C29H36N2O2. The second kappa shape index (κ2) is 12.4. The Bertz CT molecular complexity index is 969. The van der Waals surface area contributed by atoms with Crippen LogP contribution in [0, 0.1) is 12.3 Å². The minimum Gasteiger partial charge on any atom is -0.341 e. The fourth-order valence-electron chi connectivity index (χ4n) is 4.38. The predicted molar refractivity (Wildman–Crippen MR) is 135 cm³/mol. The number of rotatable bonds is 11. The Morgan fingerprint density at radius 3 is 2.58 bits per heavy atom. The summed E-state index contributed by atoms with van der Waals surface area (Å²) in [4.78, 5) is 26.5. The van der Waals surface area contributed by atoms with Crippen LogP contribution in [0.3, 0.4) is 0 Å². The van der Waals surface area contributed by atoms with Gasteiger partial charge in [-0.15, -0.1) is 12.3 Å². The molecule has 4 heteroatoms. The number of ketones is 1. The smallest absolute Gasteiger partial charge is 0.237 e. The van der Waals surface area contributed by atoms with Crippen molar-refractivity contribution in [1.82, 2.24) is 10.6 Å². The maximum absolute atomic E-state index is 13.5. The van der Waals surface area contributed by atoms with Crippen LogP contribution in [0.15, 0.2) is 48.5 Å². The molecule has 33 heavy (non-hydrogen) atoms. The molecule has 2 atom stereocenters. The standard InChI is InChI=1S/C29H36N2O2/c1-4-5-6-7-11-16-27(32)28(31-29(33)26-15-12-19-30-26)24-18-17-23(21(2)3)20-25(24)22-13-9-8-10-14-22/h1,8-10,13-14,17-18,20-21,26,28,30H,5-7,11-12,15-16,19H2,2-3H3,(H,31,33)/t26-,28-/m0/s1. The van der Waals surface area contributed by atoms with E-state index in [1.165, 1.54) is 5.56 Å². The summed E-state index contributed by atoms with van der Waals surface area (Å²) >= 11 is 0. The number of carbonyl (C=O) groups excluding carboxylic acids is 2. The Morgan fingerprint density at radius 2 is 1.91 bits per heavy atom. The highest BCUT2D eigenvalue weighted by molar-refractivity contribution is 5.93. The maximum atomic E-state index is 13.5. The molecule has 1 amide bonds. The summed E-state index contributed by atoms with van der Waals surface area (Å²) in [5.41, 5.74) is 4.13. The van der Waals surface area contributed by atoms with Crippen LogP contribution in [-0.2, 0) is 9.59 Å². The van der Waals surface area contributed by atoms with E-state index in [1.807, 2.05) is 24.3 Å². The molecule has 1 aliphatic rings. The Hall–Kier alpha value is -2.90. The zero-order valence-electron chi connectivity index (χ0n) is 19.9. The lowest BCUT2D eigenvalue weighted by Gasteiger charge is -2.24. The molecule has 0 bridgehead atoms. The molecule has 4 nitrogen and oxygen atoms in total. The number of benzene rings is 2. The van der Waals surface area contributed by atoms with E-state index >= 15 is 0 Å². The van der Waals surface area contributed by atoms with Gasteiger partial charge in [0, 0.05) is 12.8 Å². The van der Waals surface area contributed by atoms with E-state index in [0.717, 1.165) is 61.8 Å². The first-order valence-corrected chi connectivity index (χ1v) is 12.2. The van der Waals surface area contributed by atoms with Crippen molar-refractivity contribution in [3.63, 3.8) is 0 Å². The number of unbranched alkanes of at least 4 members (excludes halogenated alkanes) is 3. The normalized spacial score (nSPS) is 16.4. The topological polar surface area (TPSA) is 58.2 Å². The van der Waals surface area contributed by atoms with Gasteiger partial charge >= 0.3 is 0 Å². The molecule has 1 saturated heterocycles. The average molecular weight is 445 g/mol. The van der Waals surface area contributed by atoms with Crippen LogP contribution in [0.1, 0.15) is 81.9 Å². The van der Waals surface area contributed by atoms with Gasteiger partial charge in [0.1, 0.15) is 6.04 Å². The van der Waals surface area contributed by atoms with E-state index in [0.29, 0.717) is 12.3 Å². The first-order valence-electron chi connectivity index (χ1n) is 12.2. The van der Waals surface area contributed by atoms with Gasteiger partial charge in [0.2, 0.25) is 5.91 Å². The van der Waals surface area contributed by atoms with Gasteiger partial charge in [-0.3, -0.25) is 9.59 Å². The van der Waals surface area contributed by atoms with Crippen molar-refractivity contribution >= 4 is 11.7 Å². The summed E-state index contributed by atoms with van der Waals surface area (Å²) in [5, 5.41) is 6.35. The van der Waals surface area contributed by atoms with Gasteiger partial charge in [0.25, 0.3) is 0 Å². The molecule has 1 aliphatic heterocycles. The van der Waals surface area contributed by atoms with Crippen molar-refractivity contribution in [2.75, 3.05) is 6.54 Å². The van der Waals surface area contributed by atoms with Gasteiger partial charge < -0.3 is 10.6 Å². The molecule has 1 heterocycles. The van der Waals surface area contributed by atoms with Crippen LogP contribution in [0.4, 0.5) is 0 Å². The quantitative estimate of drug-likeness (QED) is 0.353. The lowest BCUT2D eigenvalue weighted by molar-refractivity contribution is -0.129. The summed E-state index contributed by atoms with van der Waals surface area (Å²) in [6.45, 7) is 5.16. The third-order valence-corrected chi connectivity index (χ3v) is 6.37. The third-order valence-electron chi connectivity index (χ3n) is 6.37. The SMILES string of the molecule is C#CCCCCCC(=O)[C@@H](NC(=O)[C@@H]1CCCN1)c1ccc(C(C)C)cc1-c1ccccc1. The Kier molecular flexibility index (Phi) is 9.27. The highest BCUT2D eigenvalue weighted by Crippen LogP contribution is 2.33. The minimum absolute atomic E-state index is 0.0523. The number of carbonyl (C=O) groups is 2. The zero-order valence-corrected chi connectivity index (χ0v) is 19.9. The van der Waals surface area contributed by atoms with Gasteiger partial charge in [-0.1, -0.05) is 68.8 Å². The Morgan fingerprint density at radius 1 is 1.12 bits per heavy atom. The summed E-state index contributed by atoms with van der Waals surface area (Å²) in [6.07, 6.45) is 10.9. The average Bonchev–Trinajstić information content (AvgIpc) is 3.37. The molecule has 1 fully saturated rings. The van der Waals surface area contributed by atoms with E-state index in [4.69, 9.17) is 6.42 Å². The van der Waals surface area contributed by atoms with Crippen molar-refractivity contribution in [3.8, 4) is 23.5 Å². The summed E-state index contributed by atoms with van der Waals surface area (Å²) in [5.74, 6) is 2.98. The lowest BCUT2D eigenvalue weighted by Crippen LogP contribution is -2.44. The second-order valence-electron chi connectivity index (χ2n) is 9.19. The van der Waals surface area contributed by atoms with E-state index in [2.05, 4.69) is 54.7 Å². The third kappa shape index (κ3) is 6.79. The number of Topliss-reactive ketones (excluding diaryl/α,β-unsaturated/α-hetero) is 1. The summed E-state index contributed by atoms with van der Waals surface area (Å²) < 4.78 is 0. The number of hydrogen-bond acceptors (Lipinski definition) is 3. The Balaban J connectivity index is 1.93. The van der Waals surface area contributed by atoms with Crippen molar-refractivity contribution in [2.45, 2.75) is 76.8 Å². The van der Waals surface area contributed by atoms with E-state index in [-0.39, 0.29) is 17.7 Å². The van der Waals surface area contributed by atoms with Crippen LogP contribution in [0.25, 0.3) is 11.1 Å². The fourth-order valence-corrected chi connectivity index (χ4v) is 4.38. The van der Waals surface area contributed by atoms with Gasteiger partial charge in [0.05, 0.1) is 6.04 Å². The first kappa shape index (κ1) is 24.7. The van der Waals surface area contributed by atoms with Crippen LogP contribution in [-0.4, -0.2) is 24.3 Å². The fraction of sp³-hybridized carbons (Fsp3) is 0.448. The van der Waals surface area contributed by atoms with Gasteiger partial charge in [-0.2, -0.15) is 0 Å². The van der Waals surface area contributed by atoms with E-state index in [9.17, 15) is 9.59 Å². The number of terminal acetylenes is 1. The molecular weight excluding hydrogens is 408 g/mol. The van der Waals surface area contributed by atoms with E-state index in [1.54, 1.807) is 0 Å². The van der Waals surface area contributed by atoms with Crippen LogP contribution in [0.2, 0.25) is 0 Å². The zero-order chi connectivity index (χ0) is 23.6. The predicted octanol–water partition coefficient (Wildman–Crippen LogP) is 5.54. The summed E-state index contributed by atoms with van der Waals surface area (Å²) in [6, 6.07) is 15.5. The van der Waals surface area contributed by atoms with Crippen molar-refractivity contribution in [1.29, 1.82) is 0 Å². The van der Waals surface area contributed by atoms with E-state index < -0.39 is 6.04 Å². The monoisotopic (exact) mass is 444 g/mol. The van der Waals surface area contributed by atoms with Crippen molar-refractivity contribution < 1.29 is 9.59 Å². The van der Waals surface area contributed by atoms with Gasteiger partial charge in [0.15, 0.2) is 5.78 Å². The molecule has 2 aromatic rings. The number of nitrogens with one attached hydrogen (secondary N) is 2. The number of amides is 1. The molecule has 0 unspecified atom stereocenters.